The van der Waals surface area contributed by atoms with Gasteiger partial charge < -0.3 is 5.11 Å². The third kappa shape index (κ3) is 2.51. The summed E-state index contributed by atoms with van der Waals surface area (Å²) in [7, 11) is 0. The van der Waals surface area contributed by atoms with E-state index in [0.29, 0.717) is 11.3 Å². The highest BCUT2D eigenvalue weighted by Gasteiger charge is 2.11. The quantitative estimate of drug-likeness (QED) is 0.860. The highest BCUT2D eigenvalue weighted by Crippen LogP contribution is 2.22. The van der Waals surface area contributed by atoms with Gasteiger partial charge in [0.2, 0.25) is 0 Å². The van der Waals surface area contributed by atoms with Crippen LogP contribution in [0.15, 0.2) is 35.2 Å². The predicted octanol–water partition coefficient (Wildman–Crippen LogP) is 2.87. The van der Waals surface area contributed by atoms with Gasteiger partial charge in [0.1, 0.15) is 0 Å². The molecule has 92 valence electrons. The molecule has 18 heavy (non-hydrogen) atoms. The van der Waals surface area contributed by atoms with Crippen molar-refractivity contribution in [3.63, 3.8) is 0 Å². The third-order valence-electron chi connectivity index (χ3n) is 2.57. The fraction of sp³-hybridized carbons (Fsp3) is 0.154. The molecule has 0 aliphatic heterocycles. The van der Waals surface area contributed by atoms with Crippen molar-refractivity contribution >= 4 is 17.7 Å². The first-order valence-electron chi connectivity index (χ1n) is 5.34. The van der Waals surface area contributed by atoms with Crippen LogP contribution in [0.1, 0.15) is 16.1 Å². The molecular formula is C13H12N2O2S. The van der Waals surface area contributed by atoms with Crippen molar-refractivity contribution in [3.8, 4) is 11.3 Å². The number of hydrogen-bond donors (Lipinski definition) is 1. The minimum absolute atomic E-state index is 0.000478. The Kier molecular flexibility index (Phi) is 3.62. The Morgan fingerprint density at radius 2 is 1.89 bits per heavy atom. The fourth-order valence-electron chi connectivity index (χ4n) is 1.60. The topological polar surface area (TPSA) is 63.1 Å². The zero-order valence-electron chi connectivity index (χ0n) is 10.0. The number of rotatable bonds is 3. The van der Waals surface area contributed by atoms with Crippen LogP contribution in [0.25, 0.3) is 11.3 Å². The lowest BCUT2D eigenvalue weighted by Crippen LogP contribution is -2.05. The van der Waals surface area contributed by atoms with Crippen molar-refractivity contribution in [1.29, 1.82) is 0 Å². The molecule has 4 nitrogen and oxygen atoms in total. The number of nitrogens with zero attached hydrogens (tertiary/aromatic N) is 2. The second kappa shape index (κ2) is 5.18. The molecule has 1 aromatic heterocycles. The van der Waals surface area contributed by atoms with Gasteiger partial charge in [0.15, 0.2) is 5.69 Å². The lowest BCUT2D eigenvalue weighted by atomic mass is 10.1. The van der Waals surface area contributed by atoms with Crippen LogP contribution in [0.4, 0.5) is 0 Å². The average Bonchev–Trinajstić information content (AvgIpc) is 2.38. The van der Waals surface area contributed by atoms with Gasteiger partial charge >= 0.3 is 5.97 Å². The van der Waals surface area contributed by atoms with Gasteiger partial charge in [-0.1, -0.05) is 12.1 Å². The average molecular weight is 260 g/mol. The Bertz CT molecular complexity index is 582. The summed E-state index contributed by atoms with van der Waals surface area (Å²) >= 11 is 1.67. The van der Waals surface area contributed by atoms with E-state index in [4.69, 9.17) is 5.11 Å². The van der Waals surface area contributed by atoms with Crippen LogP contribution in [0.2, 0.25) is 0 Å². The minimum Gasteiger partial charge on any atom is -0.476 e. The Labute approximate surface area is 109 Å². The Balaban J connectivity index is 2.39. The molecule has 0 amide bonds. The molecule has 2 rings (SSSR count). The van der Waals surface area contributed by atoms with Crippen molar-refractivity contribution < 1.29 is 9.90 Å². The molecule has 1 aromatic carbocycles. The molecule has 0 fully saturated rings. The predicted molar refractivity (Wildman–Crippen MR) is 70.9 cm³/mol. The zero-order valence-corrected chi connectivity index (χ0v) is 10.9. The van der Waals surface area contributed by atoms with Crippen LogP contribution in [0.3, 0.4) is 0 Å². The maximum absolute atomic E-state index is 10.8. The number of hydrogen-bond acceptors (Lipinski definition) is 4. The summed E-state index contributed by atoms with van der Waals surface area (Å²) in [5.41, 5.74) is 2.23. The van der Waals surface area contributed by atoms with Crippen molar-refractivity contribution in [1.82, 2.24) is 10.2 Å². The number of thioether (sulfide) groups is 1. The maximum atomic E-state index is 10.8. The van der Waals surface area contributed by atoms with Gasteiger partial charge in [0, 0.05) is 10.5 Å². The van der Waals surface area contributed by atoms with E-state index in [1.165, 1.54) is 4.90 Å². The normalized spacial score (nSPS) is 10.3. The second-order valence-corrected chi connectivity index (χ2v) is 4.67. The van der Waals surface area contributed by atoms with Crippen LogP contribution >= 0.6 is 11.8 Å². The van der Waals surface area contributed by atoms with Gasteiger partial charge in [-0.3, -0.25) is 0 Å². The van der Waals surface area contributed by atoms with E-state index < -0.39 is 5.97 Å². The minimum atomic E-state index is -1.05. The highest BCUT2D eigenvalue weighted by molar-refractivity contribution is 7.98. The Morgan fingerprint density at radius 1 is 1.22 bits per heavy atom. The third-order valence-corrected chi connectivity index (χ3v) is 3.32. The summed E-state index contributed by atoms with van der Waals surface area (Å²) in [4.78, 5) is 12.0. The summed E-state index contributed by atoms with van der Waals surface area (Å²) in [6, 6.07) is 9.65. The molecule has 0 saturated carbocycles. The van der Waals surface area contributed by atoms with Gasteiger partial charge in [-0.25, -0.2) is 4.79 Å². The molecule has 0 aliphatic carbocycles. The largest absolute Gasteiger partial charge is 0.476 e. The number of aromatic carboxylic acids is 1. The molecule has 0 saturated heterocycles. The summed E-state index contributed by atoms with van der Waals surface area (Å²) in [5.74, 6) is -1.05. The van der Waals surface area contributed by atoms with Gasteiger partial charge in [-0.05, 0) is 36.9 Å². The molecule has 2 aromatic rings. The first-order chi connectivity index (χ1) is 8.61. The summed E-state index contributed by atoms with van der Waals surface area (Å²) in [6.45, 7) is 1.72. The number of aryl methyl sites for hydroxylation is 1. The van der Waals surface area contributed by atoms with Crippen LogP contribution in [0, 0.1) is 6.92 Å². The van der Waals surface area contributed by atoms with Gasteiger partial charge in [-0.2, -0.15) is 0 Å². The van der Waals surface area contributed by atoms with E-state index in [0.717, 1.165) is 5.56 Å². The van der Waals surface area contributed by atoms with E-state index >= 15 is 0 Å². The Hall–Kier alpha value is -1.88. The van der Waals surface area contributed by atoms with Crippen LogP contribution in [-0.4, -0.2) is 27.5 Å². The first-order valence-corrected chi connectivity index (χ1v) is 6.56. The van der Waals surface area contributed by atoms with Crippen molar-refractivity contribution in [2.75, 3.05) is 6.26 Å². The fourth-order valence-corrected chi connectivity index (χ4v) is 2.01. The lowest BCUT2D eigenvalue weighted by Gasteiger charge is -2.04. The van der Waals surface area contributed by atoms with E-state index in [1.54, 1.807) is 24.8 Å². The molecule has 0 atom stereocenters. The van der Waals surface area contributed by atoms with E-state index in [-0.39, 0.29) is 5.69 Å². The van der Waals surface area contributed by atoms with Crippen molar-refractivity contribution in [2.45, 2.75) is 11.8 Å². The lowest BCUT2D eigenvalue weighted by molar-refractivity contribution is 0.0688. The molecule has 5 heteroatoms. The molecule has 0 unspecified atom stereocenters. The molecular weight excluding hydrogens is 248 g/mol. The van der Waals surface area contributed by atoms with Crippen molar-refractivity contribution in [3.05, 3.63) is 41.6 Å². The molecule has 0 aliphatic rings. The standard InChI is InChI=1S/C13H12N2O2S/c1-8-7-11(14-15-12(8)13(16)17)9-3-5-10(18-2)6-4-9/h3-7H,1-2H3,(H,16,17). The number of benzene rings is 1. The number of aromatic nitrogens is 2. The molecule has 0 radical (unpaired) electrons. The summed E-state index contributed by atoms with van der Waals surface area (Å²) < 4.78 is 0. The zero-order chi connectivity index (χ0) is 13.1. The summed E-state index contributed by atoms with van der Waals surface area (Å²) in [6.07, 6.45) is 2.01. The van der Waals surface area contributed by atoms with E-state index in [9.17, 15) is 4.79 Å². The van der Waals surface area contributed by atoms with E-state index in [1.807, 2.05) is 30.5 Å². The molecule has 0 spiro atoms. The Morgan fingerprint density at radius 3 is 2.39 bits per heavy atom. The number of carbonyl (C=O) groups is 1. The molecule has 0 bridgehead atoms. The highest BCUT2D eigenvalue weighted by atomic mass is 32.2. The molecule has 1 heterocycles. The van der Waals surface area contributed by atoms with Crippen LogP contribution < -0.4 is 0 Å². The van der Waals surface area contributed by atoms with Gasteiger partial charge in [-0.15, -0.1) is 22.0 Å². The molecule has 1 N–H and O–H groups in total. The number of carboxylic acid groups (broad SMARTS) is 1. The second-order valence-electron chi connectivity index (χ2n) is 3.79. The van der Waals surface area contributed by atoms with Crippen molar-refractivity contribution in [2.24, 2.45) is 0 Å². The van der Waals surface area contributed by atoms with Crippen LogP contribution in [0.5, 0.6) is 0 Å². The van der Waals surface area contributed by atoms with Gasteiger partial charge in [0.25, 0.3) is 0 Å². The maximum Gasteiger partial charge on any atom is 0.356 e. The first kappa shape index (κ1) is 12.6. The van der Waals surface area contributed by atoms with E-state index in [2.05, 4.69) is 10.2 Å². The number of carboxylic acids is 1. The summed E-state index contributed by atoms with van der Waals surface area (Å²) in [5, 5.41) is 16.6. The van der Waals surface area contributed by atoms with Crippen LogP contribution in [-0.2, 0) is 0 Å². The monoisotopic (exact) mass is 260 g/mol. The van der Waals surface area contributed by atoms with Gasteiger partial charge in [0.05, 0.1) is 5.69 Å². The smallest absolute Gasteiger partial charge is 0.356 e. The SMILES string of the molecule is CSc1ccc(-c2cc(C)c(C(=O)O)nn2)cc1.